The molecule has 0 aliphatic heterocycles. The van der Waals surface area contributed by atoms with Gasteiger partial charge in [-0.2, -0.15) is 0 Å². The number of rotatable bonds is 8. The molecule has 39 heavy (non-hydrogen) atoms. The Kier molecular flexibility index (Phi) is 6.45. The molecule has 0 aliphatic rings. The van der Waals surface area contributed by atoms with Gasteiger partial charge in [0.25, 0.3) is 0 Å². The zero-order valence-corrected chi connectivity index (χ0v) is 22.2. The molecule has 4 aromatic carbocycles. The van der Waals surface area contributed by atoms with Crippen LogP contribution in [-0.2, 0) is 22.7 Å². The molecule has 0 radical (unpaired) electrons. The van der Waals surface area contributed by atoms with E-state index in [1.807, 2.05) is 12.1 Å². The van der Waals surface area contributed by atoms with Crippen molar-refractivity contribution in [1.82, 2.24) is 9.13 Å². The minimum atomic E-state index is -0.206. The molecule has 0 bridgehead atoms. The number of aryl methyl sites for hydroxylation is 2. The van der Waals surface area contributed by atoms with Crippen LogP contribution in [0.4, 0.5) is 0 Å². The average Bonchev–Trinajstić information content (AvgIpc) is 3.46. The highest BCUT2D eigenvalue weighted by Gasteiger charge is 2.11. The summed E-state index contributed by atoms with van der Waals surface area (Å²) in [7, 11) is 0. The molecule has 192 valence electrons. The molecule has 0 unspecified atom stereocenters. The van der Waals surface area contributed by atoms with E-state index in [9.17, 15) is 9.59 Å². The SMILES string of the molecule is CCn1c2ccccc2c2cc(C=CC(=O)CC(=O)C=Cc3ccc4c(c3)c3ccccc3n4CC)ccc21. The van der Waals surface area contributed by atoms with Crippen LogP contribution in [0.1, 0.15) is 31.4 Å². The van der Waals surface area contributed by atoms with Crippen molar-refractivity contribution < 1.29 is 9.59 Å². The molecular weight excluding hydrogens is 480 g/mol. The Morgan fingerprint density at radius 2 is 0.974 bits per heavy atom. The van der Waals surface area contributed by atoms with Gasteiger partial charge in [-0.05, 0) is 73.5 Å². The lowest BCUT2D eigenvalue weighted by atomic mass is 10.1. The van der Waals surface area contributed by atoms with Crippen LogP contribution in [0.2, 0.25) is 0 Å². The predicted octanol–water partition coefficient (Wildman–Crippen LogP) is 8.20. The molecule has 0 N–H and O–H groups in total. The van der Waals surface area contributed by atoms with Gasteiger partial charge < -0.3 is 9.13 Å². The summed E-state index contributed by atoms with van der Waals surface area (Å²) in [5.74, 6) is -0.413. The lowest BCUT2D eigenvalue weighted by molar-refractivity contribution is -0.121. The summed E-state index contributed by atoms with van der Waals surface area (Å²) in [6.45, 7) is 6.08. The van der Waals surface area contributed by atoms with Crippen molar-refractivity contribution in [3.05, 3.63) is 108 Å². The van der Waals surface area contributed by atoms with Crippen molar-refractivity contribution in [2.75, 3.05) is 0 Å². The van der Waals surface area contributed by atoms with Gasteiger partial charge in [-0.3, -0.25) is 9.59 Å². The summed E-state index contributed by atoms with van der Waals surface area (Å²) < 4.78 is 4.60. The summed E-state index contributed by atoms with van der Waals surface area (Å²) in [6, 6.07) is 29.2. The molecule has 0 saturated heterocycles. The van der Waals surface area contributed by atoms with Crippen molar-refractivity contribution in [2.45, 2.75) is 33.4 Å². The Morgan fingerprint density at radius 1 is 0.564 bits per heavy atom. The highest BCUT2D eigenvalue weighted by atomic mass is 16.1. The molecule has 0 amide bonds. The predicted molar refractivity (Wildman–Crippen MR) is 163 cm³/mol. The summed E-state index contributed by atoms with van der Waals surface area (Å²) >= 11 is 0. The number of hydrogen-bond acceptors (Lipinski definition) is 2. The molecule has 6 aromatic rings. The number of para-hydroxylation sites is 2. The number of carbonyl (C=O) groups excluding carboxylic acids is 2. The van der Waals surface area contributed by atoms with Crippen LogP contribution in [0.25, 0.3) is 55.8 Å². The Morgan fingerprint density at radius 3 is 1.41 bits per heavy atom. The minimum absolute atomic E-state index is 0.151. The van der Waals surface area contributed by atoms with Crippen molar-refractivity contribution in [2.24, 2.45) is 0 Å². The number of benzene rings is 4. The number of carbonyl (C=O) groups is 2. The summed E-state index contributed by atoms with van der Waals surface area (Å²) in [5.41, 5.74) is 6.66. The van der Waals surface area contributed by atoms with Gasteiger partial charge in [0.05, 0.1) is 6.42 Å². The maximum Gasteiger partial charge on any atom is 0.163 e. The van der Waals surface area contributed by atoms with E-state index in [-0.39, 0.29) is 18.0 Å². The quantitative estimate of drug-likeness (QED) is 0.153. The number of ketones is 2. The van der Waals surface area contributed by atoms with E-state index in [2.05, 4.69) is 95.8 Å². The van der Waals surface area contributed by atoms with E-state index in [1.165, 1.54) is 55.8 Å². The second-order valence-electron chi connectivity index (χ2n) is 9.85. The third-order valence-electron chi connectivity index (χ3n) is 7.50. The molecular formula is C35H30N2O2. The lowest BCUT2D eigenvalue weighted by Gasteiger charge is -2.02. The smallest absolute Gasteiger partial charge is 0.163 e. The molecule has 0 fully saturated rings. The van der Waals surface area contributed by atoms with E-state index < -0.39 is 0 Å². The van der Waals surface area contributed by atoms with Gasteiger partial charge in [-0.1, -0.05) is 60.7 Å². The van der Waals surface area contributed by atoms with Crippen LogP contribution in [0.5, 0.6) is 0 Å². The Hall–Kier alpha value is -4.70. The highest BCUT2D eigenvalue weighted by molar-refractivity contribution is 6.12. The average molecular weight is 511 g/mol. The standard InChI is InChI=1S/C35H30N2O2/c1-3-36-32-11-7-5-9-28(32)30-21-24(15-19-34(30)36)13-17-26(38)23-27(39)18-14-25-16-20-35-31(22-25)29-10-6-8-12-33(29)37(35)4-2/h5-22H,3-4,23H2,1-2H3. The molecule has 0 saturated carbocycles. The first-order valence-corrected chi connectivity index (χ1v) is 13.5. The second-order valence-corrected chi connectivity index (χ2v) is 9.85. The Balaban J connectivity index is 1.17. The van der Waals surface area contributed by atoms with E-state index >= 15 is 0 Å². The number of allylic oxidation sites excluding steroid dienone is 2. The molecule has 4 nitrogen and oxygen atoms in total. The topological polar surface area (TPSA) is 44.0 Å². The fraction of sp³-hybridized carbons (Fsp3) is 0.143. The van der Waals surface area contributed by atoms with Crippen LogP contribution in [0, 0.1) is 0 Å². The first-order chi connectivity index (χ1) is 19.1. The molecule has 0 aliphatic carbocycles. The van der Waals surface area contributed by atoms with Crippen molar-refractivity contribution in [3.63, 3.8) is 0 Å². The summed E-state index contributed by atoms with van der Waals surface area (Å²) in [6.07, 6.45) is 6.47. The van der Waals surface area contributed by atoms with Gasteiger partial charge in [0.15, 0.2) is 11.6 Å². The second kappa shape index (κ2) is 10.2. The fourth-order valence-electron chi connectivity index (χ4n) is 5.70. The van der Waals surface area contributed by atoms with E-state index in [0.29, 0.717) is 0 Å². The normalized spacial score (nSPS) is 12.2. The molecule has 2 aromatic heterocycles. The first kappa shape index (κ1) is 24.6. The van der Waals surface area contributed by atoms with Crippen LogP contribution in [0.3, 0.4) is 0 Å². The monoisotopic (exact) mass is 510 g/mol. The summed E-state index contributed by atoms with van der Waals surface area (Å²) in [4.78, 5) is 25.1. The Bertz CT molecular complexity index is 1810. The van der Waals surface area contributed by atoms with Crippen LogP contribution >= 0.6 is 0 Å². The third kappa shape index (κ3) is 4.48. The Labute approximate surface area is 227 Å². The van der Waals surface area contributed by atoms with Crippen LogP contribution in [-0.4, -0.2) is 20.7 Å². The van der Waals surface area contributed by atoms with Gasteiger partial charge in [0, 0.05) is 56.7 Å². The van der Waals surface area contributed by atoms with E-state index in [0.717, 1.165) is 24.2 Å². The van der Waals surface area contributed by atoms with Crippen molar-refractivity contribution in [3.8, 4) is 0 Å². The lowest BCUT2D eigenvalue weighted by Crippen LogP contribution is -2.01. The molecule has 0 spiro atoms. The largest absolute Gasteiger partial charge is 0.341 e. The molecule has 2 heterocycles. The van der Waals surface area contributed by atoms with Gasteiger partial charge in [-0.15, -0.1) is 0 Å². The maximum atomic E-state index is 12.6. The fourth-order valence-corrected chi connectivity index (χ4v) is 5.70. The minimum Gasteiger partial charge on any atom is -0.341 e. The van der Waals surface area contributed by atoms with E-state index in [4.69, 9.17) is 0 Å². The van der Waals surface area contributed by atoms with E-state index in [1.54, 1.807) is 12.2 Å². The van der Waals surface area contributed by atoms with Gasteiger partial charge in [0.1, 0.15) is 0 Å². The number of nitrogens with zero attached hydrogens (tertiary/aromatic N) is 2. The number of aromatic nitrogens is 2. The number of fused-ring (bicyclic) bond motifs is 6. The molecule has 0 atom stereocenters. The number of hydrogen-bond donors (Lipinski definition) is 0. The zero-order chi connectivity index (χ0) is 26.9. The van der Waals surface area contributed by atoms with Gasteiger partial charge in [0.2, 0.25) is 0 Å². The molecule has 6 rings (SSSR count). The van der Waals surface area contributed by atoms with Gasteiger partial charge >= 0.3 is 0 Å². The van der Waals surface area contributed by atoms with Crippen molar-refractivity contribution in [1.29, 1.82) is 0 Å². The third-order valence-corrected chi connectivity index (χ3v) is 7.50. The molecule has 4 heteroatoms. The van der Waals surface area contributed by atoms with Crippen LogP contribution in [0.15, 0.2) is 97.1 Å². The van der Waals surface area contributed by atoms with Gasteiger partial charge in [-0.25, -0.2) is 0 Å². The highest BCUT2D eigenvalue weighted by Crippen LogP contribution is 2.31. The van der Waals surface area contributed by atoms with Crippen molar-refractivity contribution >= 4 is 67.3 Å². The zero-order valence-electron chi connectivity index (χ0n) is 22.2. The maximum absolute atomic E-state index is 12.6. The summed E-state index contributed by atoms with van der Waals surface area (Å²) in [5, 5.41) is 4.74. The van der Waals surface area contributed by atoms with Crippen LogP contribution < -0.4 is 0 Å². The first-order valence-electron chi connectivity index (χ1n) is 13.5.